The molecule has 1 aromatic heterocycles. The summed E-state index contributed by atoms with van der Waals surface area (Å²) in [5.74, 6) is -0.167. The average Bonchev–Trinajstić information content (AvgIpc) is 3.46. The predicted octanol–water partition coefficient (Wildman–Crippen LogP) is 3.98. The van der Waals surface area contributed by atoms with Gasteiger partial charge in [-0.25, -0.2) is 9.36 Å². The van der Waals surface area contributed by atoms with Gasteiger partial charge >= 0.3 is 19.4 Å². The molecule has 224 valence electrons. The Balaban J connectivity index is 1.32. The molecule has 12 nitrogen and oxygen atoms in total. The van der Waals surface area contributed by atoms with Crippen molar-refractivity contribution in [3.8, 4) is 5.75 Å². The van der Waals surface area contributed by atoms with E-state index in [4.69, 9.17) is 29.0 Å². The van der Waals surface area contributed by atoms with Crippen LogP contribution in [0.2, 0.25) is 0 Å². The number of anilines is 1. The summed E-state index contributed by atoms with van der Waals surface area (Å²) in [5.41, 5.74) is 5.82. The van der Waals surface area contributed by atoms with Gasteiger partial charge in [0, 0.05) is 6.20 Å². The molecule has 1 saturated carbocycles. The monoisotopic (exact) mass is 598 g/mol. The van der Waals surface area contributed by atoms with Gasteiger partial charge in [-0.15, -0.1) is 0 Å². The van der Waals surface area contributed by atoms with E-state index in [1.54, 1.807) is 30.3 Å². The summed E-state index contributed by atoms with van der Waals surface area (Å²) in [6.45, 7) is -0.290. The number of ether oxygens (including phenoxy) is 3. The van der Waals surface area contributed by atoms with E-state index in [0.717, 1.165) is 37.7 Å². The highest BCUT2D eigenvalue weighted by molar-refractivity contribution is 7.52. The van der Waals surface area contributed by atoms with Crippen molar-refractivity contribution in [3.63, 3.8) is 0 Å². The molecule has 2 fully saturated rings. The predicted molar refractivity (Wildman–Crippen MR) is 153 cm³/mol. The number of nitrogens with zero attached hydrogens (tertiary/aromatic N) is 2. The van der Waals surface area contributed by atoms with E-state index < -0.39 is 38.0 Å². The summed E-state index contributed by atoms with van der Waals surface area (Å²) >= 11 is 0. The van der Waals surface area contributed by atoms with Gasteiger partial charge in [0.25, 0.3) is 0 Å². The number of nitrogen functional groups attached to an aromatic ring is 1. The molecule has 1 unspecified atom stereocenters. The van der Waals surface area contributed by atoms with E-state index in [9.17, 15) is 14.2 Å². The number of rotatable bonds is 12. The van der Waals surface area contributed by atoms with Crippen LogP contribution in [0, 0.1) is 0 Å². The Kier molecular flexibility index (Phi) is 10.0. The highest BCUT2D eigenvalue weighted by atomic mass is 31.2. The Hall–Kier alpha value is -3.54. The number of carbonyl (C=O) groups is 1. The lowest BCUT2D eigenvalue weighted by Crippen LogP contribution is -2.41. The van der Waals surface area contributed by atoms with E-state index in [2.05, 4.69) is 10.1 Å². The summed E-state index contributed by atoms with van der Waals surface area (Å²) in [7, 11) is -4.21. The Labute approximate surface area is 243 Å². The van der Waals surface area contributed by atoms with E-state index in [0.29, 0.717) is 0 Å². The number of carbonyl (C=O) groups excluding carboxylic acids is 1. The zero-order valence-electron chi connectivity index (χ0n) is 23.1. The van der Waals surface area contributed by atoms with Crippen LogP contribution in [0.25, 0.3) is 0 Å². The first-order valence-electron chi connectivity index (χ1n) is 14.0. The first kappa shape index (κ1) is 29.9. The maximum atomic E-state index is 14.2. The molecule has 3 N–H and O–H groups in total. The third-order valence-corrected chi connectivity index (χ3v) is 8.53. The molecule has 2 heterocycles. The highest BCUT2D eigenvalue weighted by Crippen LogP contribution is 2.46. The molecule has 5 rings (SSSR count). The van der Waals surface area contributed by atoms with Gasteiger partial charge < -0.3 is 24.5 Å². The number of nitrogens with two attached hydrogens (primary N) is 1. The summed E-state index contributed by atoms with van der Waals surface area (Å²) in [5, 5.41) is 2.85. The second kappa shape index (κ2) is 14.1. The lowest BCUT2D eigenvalue weighted by atomic mass is 9.97. The molecule has 2 aromatic carbocycles. The van der Waals surface area contributed by atoms with Crippen LogP contribution in [0.5, 0.6) is 5.75 Å². The van der Waals surface area contributed by atoms with E-state index >= 15 is 0 Å². The third kappa shape index (κ3) is 8.27. The SMILES string of the molecule is Nc1ccn([C@@H]2CO[C@H](COP(=O)(N[C@@H](Cc3ccccc3)C(=O)OC3CCCCC3)Oc3ccccc3)O2)c(=O)n1. The Morgan fingerprint density at radius 3 is 2.50 bits per heavy atom. The topological polar surface area (TPSA) is 153 Å². The number of esters is 1. The van der Waals surface area contributed by atoms with Crippen LogP contribution in [0.1, 0.15) is 43.9 Å². The normalized spacial score (nSPS) is 21.3. The molecule has 13 heteroatoms. The molecule has 3 aromatic rings. The van der Waals surface area contributed by atoms with Crippen molar-refractivity contribution in [2.75, 3.05) is 18.9 Å². The fraction of sp³-hybridized carbons (Fsp3) is 0.414. The molecule has 1 aliphatic carbocycles. The minimum absolute atomic E-state index is 0.0289. The lowest BCUT2D eigenvalue weighted by molar-refractivity contribution is -0.152. The zero-order valence-corrected chi connectivity index (χ0v) is 24.0. The summed E-state index contributed by atoms with van der Waals surface area (Å²) in [6, 6.07) is 18.3. The number of para-hydroxylation sites is 1. The number of nitrogens with one attached hydrogen (secondary N) is 1. The van der Waals surface area contributed by atoms with Crippen LogP contribution >= 0.6 is 7.75 Å². The Bertz CT molecular complexity index is 1420. The smallest absolute Gasteiger partial charge is 0.459 e. The van der Waals surface area contributed by atoms with Gasteiger partial charge in [-0.1, -0.05) is 55.0 Å². The van der Waals surface area contributed by atoms with Gasteiger partial charge in [0.2, 0.25) is 0 Å². The third-order valence-electron chi connectivity index (χ3n) is 6.96. The number of hydrogen-bond acceptors (Lipinski definition) is 10. The van der Waals surface area contributed by atoms with Crippen molar-refractivity contribution in [2.24, 2.45) is 0 Å². The summed E-state index contributed by atoms with van der Waals surface area (Å²) in [6.07, 6.45) is 4.40. The summed E-state index contributed by atoms with van der Waals surface area (Å²) < 4.78 is 44.4. The number of hydrogen-bond donors (Lipinski definition) is 2. The quantitative estimate of drug-likeness (QED) is 0.230. The largest absolute Gasteiger partial charge is 0.461 e. The van der Waals surface area contributed by atoms with Crippen LogP contribution in [0.15, 0.2) is 77.7 Å². The first-order chi connectivity index (χ1) is 20.4. The van der Waals surface area contributed by atoms with Gasteiger partial charge in [-0.3, -0.25) is 13.9 Å². The van der Waals surface area contributed by atoms with Gasteiger partial charge in [0.15, 0.2) is 12.5 Å². The van der Waals surface area contributed by atoms with Gasteiger partial charge in [0.1, 0.15) is 30.3 Å². The lowest BCUT2D eigenvalue weighted by Gasteiger charge is -2.28. The van der Waals surface area contributed by atoms with Crippen molar-refractivity contribution in [2.45, 2.75) is 63.2 Å². The number of aromatic nitrogens is 2. The van der Waals surface area contributed by atoms with E-state index in [-0.39, 0.29) is 37.3 Å². The summed E-state index contributed by atoms with van der Waals surface area (Å²) in [4.78, 5) is 29.4. The van der Waals surface area contributed by atoms with Crippen LogP contribution in [0.3, 0.4) is 0 Å². The van der Waals surface area contributed by atoms with Crippen molar-refractivity contribution < 1.29 is 32.6 Å². The molecule has 0 radical (unpaired) electrons. The standard InChI is InChI=1S/C29H35N4O8P/c30-25-16-17-33(29(35)31-25)26-19-37-27(40-26)20-38-42(36,41-23-14-8-3-9-15-23)32-24(18-21-10-4-1-5-11-21)28(34)39-22-12-6-2-7-13-22/h1,3-5,8-11,14-17,22,24,26-27H,2,6-7,12-13,18-20H2,(H,32,36)(H2,30,31,35)/t24-,26-,27-,42?/m0/s1. The van der Waals surface area contributed by atoms with E-state index in [1.165, 1.54) is 16.8 Å². The van der Waals surface area contributed by atoms with Gasteiger partial charge in [-0.05, 0) is 55.9 Å². The van der Waals surface area contributed by atoms with Crippen LogP contribution in [0.4, 0.5) is 5.82 Å². The molecular formula is C29H35N4O8P. The number of benzene rings is 2. The second-order valence-electron chi connectivity index (χ2n) is 10.2. The maximum absolute atomic E-state index is 14.2. The van der Waals surface area contributed by atoms with Crippen LogP contribution < -0.4 is 21.0 Å². The molecule has 0 amide bonds. The fourth-order valence-electron chi connectivity index (χ4n) is 4.84. The van der Waals surface area contributed by atoms with Crippen molar-refractivity contribution >= 4 is 19.5 Å². The van der Waals surface area contributed by atoms with Crippen molar-refractivity contribution in [1.29, 1.82) is 0 Å². The minimum Gasteiger partial charge on any atom is -0.461 e. The van der Waals surface area contributed by atoms with Gasteiger partial charge in [0.05, 0.1) is 6.61 Å². The fourth-order valence-corrected chi connectivity index (χ4v) is 6.32. The van der Waals surface area contributed by atoms with Crippen molar-refractivity contribution in [1.82, 2.24) is 14.6 Å². The average molecular weight is 599 g/mol. The Morgan fingerprint density at radius 2 is 1.79 bits per heavy atom. The molecule has 2 aliphatic rings. The molecular weight excluding hydrogens is 563 g/mol. The zero-order chi connectivity index (χ0) is 29.4. The second-order valence-corrected chi connectivity index (χ2v) is 11.9. The van der Waals surface area contributed by atoms with Crippen molar-refractivity contribution in [3.05, 3.63) is 89.0 Å². The molecule has 42 heavy (non-hydrogen) atoms. The highest BCUT2D eigenvalue weighted by Gasteiger charge is 2.38. The molecule has 0 bridgehead atoms. The van der Waals surface area contributed by atoms with Crippen LogP contribution in [-0.4, -0.2) is 47.2 Å². The van der Waals surface area contributed by atoms with E-state index in [1.807, 2.05) is 30.3 Å². The Morgan fingerprint density at radius 1 is 1.07 bits per heavy atom. The van der Waals surface area contributed by atoms with Crippen LogP contribution in [-0.2, 0) is 34.5 Å². The molecule has 4 atom stereocenters. The maximum Gasteiger partial charge on any atom is 0.459 e. The minimum atomic E-state index is -4.21. The molecule has 1 saturated heterocycles. The first-order valence-corrected chi connectivity index (χ1v) is 15.5. The van der Waals surface area contributed by atoms with Gasteiger partial charge in [-0.2, -0.15) is 10.1 Å². The molecule has 0 spiro atoms. The molecule has 1 aliphatic heterocycles.